The largest absolute Gasteiger partial charge is 0.391 e. The third-order valence-electron chi connectivity index (χ3n) is 13.4. The number of carbonyl (C=O) groups excluding carboxylic acids is 5. The average Bonchev–Trinajstić information content (AvgIpc) is 4.23. The van der Waals surface area contributed by atoms with Crippen LogP contribution in [0.4, 0.5) is 5.69 Å². The zero-order valence-electron chi connectivity index (χ0n) is 42.2. The number of aliphatic hydroxyl groups excluding tert-OH is 1. The summed E-state index contributed by atoms with van der Waals surface area (Å²) in [5.74, 6) is -0.140. The molecule has 4 atom stereocenters. The molecule has 1 unspecified atom stereocenters. The van der Waals surface area contributed by atoms with Gasteiger partial charge >= 0.3 is 0 Å². The fourth-order valence-electron chi connectivity index (χ4n) is 9.40. The molecule has 3 aromatic heterocycles. The van der Waals surface area contributed by atoms with E-state index in [9.17, 15) is 29.1 Å². The molecule has 0 bridgehead atoms. The number of benzene rings is 3. The molecule has 20 heteroatoms. The van der Waals surface area contributed by atoms with Crippen LogP contribution in [0, 0.1) is 18.3 Å². The first kappa shape index (κ1) is 52.7. The number of H-pyrrole nitrogens is 1. The molecule has 0 spiro atoms. The van der Waals surface area contributed by atoms with E-state index in [-0.39, 0.29) is 82.4 Å². The number of aryl methyl sites for hydroxylation is 2. The lowest BCUT2D eigenvalue weighted by molar-refractivity contribution is -0.144. The van der Waals surface area contributed by atoms with Crippen LogP contribution in [0.1, 0.15) is 80.3 Å². The number of aromatic nitrogens is 5. The van der Waals surface area contributed by atoms with Crippen molar-refractivity contribution in [3.8, 4) is 10.4 Å². The first-order valence-corrected chi connectivity index (χ1v) is 25.9. The van der Waals surface area contributed by atoms with E-state index >= 15 is 0 Å². The number of rotatable bonds is 22. The Balaban J connectivity index is 0.669. The second-order valence-corrected chi connectivity index (χ2v) is 21.0. The molecule has 2 aliphatic heterocycles. The predicted octanol–water partition coefficient (Wildman–Crippen LogP) is 5.08. The first-order chi connectivity index (χ1) is 35.1. The van der Waals surface area contributed by atoms with Gasteiger partial charge in [-0.25, -0.2) is 9.97 Å². The molecule has 5 amide bonds. The quantitative estimate of drug-likeness (QED) is 0.0489. The minimum absolute atomic E-state index is 0.00453. The standard InChI is InChI=1S/C53H67N11O8S/c1-33-48(73-32-56-33)36-8-6-34(7-9-36)27-55-51(69)44-26-40(65)30-64(44)52(70)49(53(2,3)4)61-47(67)17-21-72-23-22-71-20-16-46(66)54-18-14-35-15-19-63(29-35)31-45-59-41-12-11-39(25-42(41)60-45)58-50(68)37-10-13-43-38(24-37)28-57-62(43)5/h6-13,24-25,28,32,35,40,44,49,65H,14-23,26-27,29-31H2,1-5H3,(H,54,66)(H,55,69)(H,58,68)(H,59,60)(H,61,67)/t35?,40-,44+,49-/m1/s1. The lowest BCUT2D eigenvalue weighted by Gasteiger charge is -2.35. The van der Waals surface area contributed by atoms with Crippen molar-refractivity contribution in [1.29, 1.82) is 0 Å². The smallest absolute Gasteiger partial charge is 0.255 e. The van der Waals surface area contributed by atoms with Gasteiger partial charge < -0.3 is 45.7 Å². The van der Waals surface area contributed by atoms with Gasteiger partial charge in [0.15, 0.2) is 0 Å². The van der Waals surface area contributed by atoms with Gasteiger partial charge in [-0.1, -0.05) is 45.0 Å². The fraction of sp³-hybridized carbons (Fsp3) is 0.472. The second kappa shape index (κ2) is 24.0. The zero-order valence-corrected chi connectivity index (χ0v) is 43.1. The molecule has 2 aliphatic rings. The van der Waals surface area contributed by atoms with Crippen LogP contribution >= 0.6 is 11.3 Å². The number of amides is 5. The number of anilines is 1. The number of ether oxygens (including phenoxy) is 2. The number of nitrogens with zero attached hydrogens (tertiary/aromatic N) is 6. The van der Waals surface area contributed by atoms with Gasteiger partial charge in [-0.15, -0.1) is 11.3 Å². The van der Waals surface area contributed by atoms with Gasteiger partial charge in [-0.3, -0.25) is 33.6 Å². The Morgan fingerprint density at radius 1 is 0.932 bits per heavy atom. The predicted molar refractivity (Wildman–Crippen MR) is 278 cm³/mol. The fourth-order valence-corrected chi connectivity index (χ4v) is 10.2. The van der Waals surface area contributed by atoms with Crippen molar-refractivity contribution in [3.05, 3.63) is 95.0 Å². The molecule has 73 heavy (non-hydrogen) atoms. The maximum absolute atomic E-state index is 14.0. The minimum Gasteiger partial charge on any atom is -0.391 e. The molecular weight excluding hydrogens is 951 g/mol. The van der Waals surface area contributed by atoms with Crippen molar-refractivity contribution in [2.24, 2.45) is 18.4 Å². The topological polar surface area (TPSA) is 238 Å². The van der Waals surface area contributed by atoms with Crippen molar-refractivity contribution in [3.63, 3.8) is 0 Å². The summed E-state index contributed by atoms with van der Waals surface area (Å²) in [5.41, 5.74) is 7.90. The van der Waals surface area contributed by atoms with E-state index < -0.39 is 29.5 Å². The lowest BCUT2D eigenvalue weighted by Crippen LogP contribution is -2.57. The second-order valence-electron chi connectivity index (χ2n) is 20.1. The van der Waals surface area contributed by atoms with E-state index in [1.165, 1.54) is 4.90 Å². The summed E-state index contributed by atoms with van der Waals surface area (Å²) in [6.07, 6.45) is 3.11. The third kappa shape index (κ3) is 13.9. The van der Waals surface area contributed by atoms with Gasteiger partial charge in [-0.2, -0.15) is 5.10 Å². The van der Waals surface area contributed by atoms with Crippen LogP contribution in [0.25, 0.3) is 32.4 Å². The van der Waals surface area contributed by atoms with Crippen molar-refractivity contribution in [2.45, 2.75) is 91.1 Å². The Labute approximate surface area is 428 Å². The summed E-state index contributed by atoms with van der Waals surface area (Å²) in [4.78, 5) is 83.4. The molecule has 0 radical (unpaired) electrons. The van der Waals surface area contributed by atoms with Crippen molar-refractivity contribution < 1.29 is 38.6 Å². The molecule has 3 aromatic carbocycles. The summed E-state index contributed by atoms with van der Waals surface area (Å²) >= 11 is 1.57. The zero-order chi connectivity index (χ0) is 51.6. The number of nitrogens with one attached hydrogen (secondary N) is 5. The van der Waals surface area contributed by atoms with Crippen LogP contribution in [0.15, 0.2) is 72.4 Å². The van der Waals surface area contributed by atoms with E-state index in [0.29, 0.717) is 30.3 Å². The number of imidazole rings is 1. The first-order valence-electron chi connectivity index (χ1n) is 25.0. The van der Waals surface area contributed by atoms with E-state index in [1.807, 2.05) is 94.9 Å². The van der Waals surface area contributed by atoms with E-state index in [4.69, 9.17) is 14.5 Å². The third-order valence-corrected chi connectivity index (χ3v) is 14.4. The van der Waals surface area contributed by atoms with Crippen LogP contribution in [-0.2, 0) is 48.8 Å². The number of hydrogen-bond acceptors (Lipinski definition) is 13. The number of carbonyl (C=O) groups is 5. The number of β-amino-alcohol motifs (C(OH)–C–C–N with tert-alkyl or cyclic N) is 1. The Hall–Kier alpha value is -6.58. The molecule has 6 aromatic rings. The Morgan fingerprint density at radius 3 is 2.44 bits per heavy atom. The summed E-state index contributed by atoms with van der Waals surface area (Å²) in [7, 11) is 1.87. The van der Waals surface area contributed by atoms with Gasteiger partial charge in [0.25, 0.3) is 5.91 Å². The molecule has 6 N–H and O–H groups in total. The van der Waals surface area contributed by atoms with Crippen LogP contribution in [0.2, 0.25) is 0 Å². The highest BCUT2D eigenvalue weighted by atomic mass is 32.1. The molecular formula is C53H67N11O8S. The summed E-state index contributed by atoms with van der Waals surface area (Å²) in [6, 6.07) is 17.2. The van der Waals surface area contributed by atoms with Gasteiger partial charge in [0.05, 0.1) is 77.9 Å². The van der Waals surface area contributed by atoms with Crippen molar-refractivity contribution in [2.75, 3.05) is 57.9 Å². The van der Waals surface area contributed by atoms with Gasteiger partial charge in [0.2, 0.25) is 23.6 Å². The normalized spacial score (nSPS) is 17.6. The van der Waals surface area contributed by atoms with Crippen LogP contribution in [0.3, 0.4) is 0 Å². The molecule has 388 valence electrons. The maximum atomic E-state index is 14.0. The van der Waals surface area contributed by atoms with Crippen molar-refractivity contribution >= 4 is 68.5 Å². The van der Waals surface area contributed by atoms with Crippen molar-refractivity contribution in [1.82, 2.24) is 50.5 Å². The van der Waals surface area contributed by atoms with Crippen LogP contribution < -0.4 is 21.3 Å². The van der Waals surface area contributed by atoms with Crippen LogP contribution in [0.5, 0.6) is 0 Å². The molecule has 0 saturated carbocycles. The molecule has 8 rings (SSSR count). The van der Waals surface area contributed by atoms with E-state index in [1.54, 1.807) is 28.3 Å². The highest BCUT2D eigenvalue weighted by molar-refractivity contribution is 7.13. The molecule has 0 aliphatic carbocycles. The minimum atomic E-state index is -0.944. The summed E-state index contributed by atoms with van der Waals surface area (Å²) in [6.45, 7) is 11.7. The van der Waals surface area contributed by atoms with Gasteiger partial charge in [-0.05, 0) is 85.2 Å². The summed E-state index contributed by atoms with van der Waals surface area (Å²) in [5, 5.41) is 27.5. The number of thiazole rings is 1. The highest BCUT2D eigenvalue weighted by Gasteiger charge is 2.44. The number of hydrogen-bond donors (Lipinski definition) is 6. The maximum Gasteiger partial charge on any atom is 0.255 e. The van der Waals surface area contributed by atoms with Gasteiger partial charge in [0.1, 0.15) is 17.9 Å². The summed E-state index contributed by atoms with van der Waals surface area (Å²) < 4.78 is 13.0. The number of aliphatic hydroxyl groups is 1. The number of fused-ring (bicyclic) bond motifs is 2. The molecule has 2 fully saturated rings. The Kier molecular flexibility index (Phi) is 17.3. The Bertz CT molecular complexity index is 2890. The van der Waals surface area contributed by atoms with E-state index in [2.05, 4.69) is 41.2 Å². The number of aromatic amines is 1. The monoisotopic (exact) mass is 1020 g/mol. The number of likely N-dealkylation sites (tertiary alicyclic amines) is 2. The van der Waals surface area contributed by atoms with Gasteiger partial charge in [0, 0.05) is 69.1 Å². The molecule has 2 saturated heterocycles. The molecule has 19 nitrogen and oxygen atoms in total. The Morgan fingerprint density at radius 2 is 1.70 bits per heavy atom. The highest BCUT2D eigenvalue weighted by Crippen LogP contribution is 2.29. The molecule has 5 heterocycles. The lowest BCUT2D eigenvalue weighted by atomic mass is 9.85. The SMILES string of the molecule is Cc1ncsc1-c1ccc(CNC(=O)[C@@H]2C[C@@H](O)CN2C(=O)[C@@H](NC(=O)CCOCCOCCC(=O)NCCC2CCN(Cc3nc4ccc(NC(=O)c5ccc6c(cnn6C)c5)cc4[nH]3)C2)C(C)(C)C)cc1. The average molecular weight is 1020 g/mol. The van der Waals surface area contributed by atoms with E-state index in [0.717, 1.165) is 75.4 Å². The van der Waals surface area contributed by atoms with Crippen LogP contribution in [-0.4, -0.2) is 140 Å².